The van der Waals surface area contributed by atoms with E-state index in [1.165, 1.54) is 21.7 Å². The van der Waals surface area contributed by atoms with E-state index in [2.05, 4.69) is 4.98 Å². The van der Waals surface area contributed by atoms with Crippen molar-refractivity contribution in [3.63, 3.8) is 0 Å². The van der Waals surface area contributed by atoms with E-state index in [4.69, 9.17) is 0 Å². The number of aromatic nitrogens is 1. The van der Waals surface area contributed by atoms with Gasteiger partial charge in [-0.25, -0.2) is 13.4 Å². The fourth-order valence-corrected chi connectivity index (χ4v) is 6.14. The van der Waals surface area contributed by atoms with Gasteiger partial charge in [-0.05, 0) is 62.9 Å². The molecule has 0 N–H and O–H groups in total. The molecule has 0 saturated carbocycles. The zero-order chi connectivity index (χ0) is 21.3. The Hall–Kier alpha value is -2.03. The molecule has 3 rings (SSSR count). The van der Waals surface area contributed by atoms with Gasteiger partial charge in [-0.15, -0.1) is 11.3 Å². The lowest BCUT2D eigenvalue weighted by Gasteiger charge is -2.34. The Morgan fingerprint density at radius 1 is 1.03 bits per heavy atom. The number of carbonyl (C=O) groups excluding carboxylic acids is 1. The third-order valence-electron chi connectivity index (χ3n) is 5.48. The SMILES string of the molecule is Cc1nc(/C=C/C(=O)N2CCN(S(=O)(=O)c3c(C)c(C)cc(C)c3C)CC2)cs1. The lowest BCUT2D eigenvalue weighted by molar-refractivity contribution is -0.127. The van der Waals surface area contributed by atoms with E-state index in [1.807, 2.05) is 46.1 Å². The number of sulfonamides is 1. The molecule has 0 atom stereocenters. The van der Waals surface area contributed by atoms with Crippen molar-refractivity contribution in [3.05, 3.63) is 50.5 Å². The minimum atomic E-state index is -3.60. The van der Waals surface area contributed by atoms with Gasteiger partial charge in [-0.1, -0.05) is 6.07 Å². The summed E-state index contributed by atoms with van der Waals surface area (Å²) >= 11 is 1.54. The highest BCUT2D eigenvalue weighted by atomic mass is 32.2. The molecule has 1 aromatic heterocycles. The number of thiazole rings is 1. The van der Waals surface area contributed by atoms with E-state index in [0.29, 0.717) is 31.1 Å². The normalized spacial score (nSPS) is 16.0. The van der Waals surface area contributed by atoms with Crippen LogP contribution in [0.1, 0.15) is 33.0 Å². The number of nitrogens with zero attached hydrogens (tertiary/aromatic N) is 3. The smallest absolute Gasteiger partial charge is 0.246 e. The number of amides is 1. The van der Waals surface area contributed by atoms with Gasteiger partial charge >= 0.3 is 0 Å². The molecule has 0 unspecified atom stereocenters. The Bertz CT molecular complexity index is 1040. The van der Waals surface area contributed by atoms with E-state index in [0.717, 1.165) is 33.0 Å². The van der Waals surface area contributed by atoms with Crippen LogP contribution in [0.2, 0.25) is 0 Å². The first-order valence-electron chi connectivity index (χ1n) is 9.58. The summed E-state index contributed by atoms with van der Waals surface area (Å²) in [5, 5.41) is 2.85. The Morgan fingerprint density at radius 2 is 1.62 bits per heavy atom. The van der Waals surface area contributed by atoms with Crippen LogP contribution >= 0.6 is 11.3 Å². The second-order valence-electron chi connectivity index (χ2n) is 7.44. The highest BCUT2D eigenvalue weighted by Crippen LogP contribution is 2.29. The van der Waals surface area contributed by atoms with Crippen molar-refractivity contribution in [1.29, 1.82) is 0 Å². The Morgan fingerprint density at radius 3 is 2.14 bits per heavy atom. The zero-order valence-corrected chi connectivity index (χ0v) is 19.2. The minimum Gasteiger partial charge on any atom is -0.337 e. The van der Waals surface area contributed by atoms with Crippen LogP contribution in [0.3, 0.4) is 0 Å². The maximum atomic E-state index is 13.3. The van der Waals surface area contributed by atoms with Crippen molar-refractivity contribution in [2.45, 2.75) is 39.5 Å². The molecule has 2 aromatic rings. The summed E-state index contributed by atoms with van der Waals surface area (Å²) in [6, 6.07) is 2.02. The predicted octanol–water partition coefficient (Wildman–Crippen LogP) is 3.23. The first-order valence-corrected chi connectivity index (χ1v) is 11.9. The average molecular weight is 434 g/mol. The third-order valence-corrected chi connectivity index (χ3v) is 8.44. The molecular formula is C21H27N3O3S2. The van der Waals surface area contributed by atoms with Crippen molar-refractivity contribution in [1.82, 2.24) is 14.2 Å². The quantitative estimate of drug-likeness (QED) is 0.694. The Balaban J connectivity index is 1.72. The molecular weight excluding hydrogens is 406 g/mol. The molecule has 0 radical (unpaired) electrons. The molecule has 2 heterocycles. The number of carbonyl (C=O) groups is 1. The monoisotopic (exact) mass is 433 g/mol. The van der Waals surface area contributed by atoms with Crippen LogP contribution in [-0.2, 0) is 14.8 Å². The van der Waals surface area contributed by atoms with Crippen LogP contribution in [0, 0.1) is 34.6 Å². The zero-order valence-electron chi connectivity index (χ0n) is 17.5. The summed E-state index contributed by atoms with van der Waals surface area (Å²) in [7, 11) is -3.60. The number of hydrogen-bond donors (Lipinski definition) is 0. The number of benzene rings is 1. The average Bonchev–Trinajstić information content (AvgIpc) is 3.10. The molecule has 1 aliphatic heterocycles. The van der Waals surface area contributed by atoms with Crippen LogP contribution in [0.4, 0.5) is 0 Å². The van der Waals surface area contributed by atoms with Gasteiger partial charge in [0.15, 0.2) is 0 Å². The van der Waals surface area contributed by atoms with Gasteiger partial charge < -0.3 is 4.90 Å². The van der Waals surface area contributed by atoms with Gasteiger partial charge in [-0.3, -0.25) is 4.79 Å². The maximum Gasteiger partial charge on any atom is 0.246 e. The Labute approximate surface area is 176 Å². The molecule has 0 spiro atoms. The summed E-state index contributed by atoms with van der Waals surface area (Å²) in [4.78, 5) is 18.9. The van der Waals surface area contributed by atoms with Gasteiger partial charge in [0.1, 0.15) is 0 Å². The van der Waals surface area contributed by atoms with E-state index in [9.17, 15) is 13.2 Å². The van der Waals surface area contributed by atoms with E-state index < -0.39 is 10.0 Å². The Kier molecular flexibility index (Phi) is 6.26. The molecule has 1 aromatic carbocycles. The van der Waals surface area contributed by atoms with Crippen molar-refractivity contribution >= 4 is 33.3 Å². The number of aryl methyl sites for hydroxylation is 3. The van der Waals surface area contributed by atoms with Gasteiger partial charge in [0, 0.05) is 37.6 Å². The minimum absolute atomic E-state index is 0.119. The molecule has 1 aliphatic rings. The first kappa shape index (κ1) is 21.7. The van der Waals surface area contributed by atoms with Crippen LogP contribution in [0.15, 0.2) is 22.4 Å². The predicted molar refractivity (Wildman–Crippen MR) is 117 cm³/mol. The molecule has 8 heteroatoms. The third kappa shape index (κ3) is 4.44. The topological polar surface area (TPSA) is 70.6 Å². The van der Waals surface area contributed by atoms with Crippen LogP contribution in [0.25, 0.3) is 6.08 Å². The largest absolute Gasteiger partial charge is 0.337 e. The fourth-order valence-electron chi connectivity index (χ4n) is 3.56. The molecule has 1 fully saturated rings. The highest BCUT2D eigenvalue weighted by Gasteiger charge is 2.32. The van der Waals surface area contributed by atoms with Gasteiger partial charge in [0.2, 0.25) is 15.9 Å². The van der Waals surface area contributed by atoms with E-state index in [-0.39, 0.29) is 5.91 Å². The fraction of sp³-hybridized carbons (Fsp3) is 0.429. The summed E-state index contributed by atoms with van der Waals surface area (Å²) in [5.74, 6) is -0.119. The van der Waals surface area contributed by atoms with E-state index in [1.54, 1.807) is 11.0 Å². The molecule has 29 heavy (non-hydrogen) atoms. The van der Waals surface area contributed by atoms with Crippen molar-refractivity contribution in [2.24, 2.45) is 0 Å². The standard InChI is InChI=1S/C21H27N3O3S2/c1-14-12-15(2)17(4)21(16(14)3)29(26,27)24-10-8-23(9-11-24)20(25)7-6-19-13-28-18(5)22-19/h6-7,12-13H,8-11H2,1-5H3/b7-6+. The second kappa shape index (κ2) is 8.38. The number of rotatable bonds is 4. The van der Waals surface area contributed by atoms with Crippen LogP contribution in [0.5, 0.6) is 0 Å². The maximum absolute atomic E-state index is 13.3. The lowest BCUT2D eigenvalue weighted by atomic mass is 10.0. The molecule has 6 nitrogen and oxygen atoms in total. The summed E-state index contributed by atoms with van der Waals surface area (Å²) in [6.45, 7) is 10.9. The molecule has 1 saturated heterocycles. The first-order chi connectivity index (χ1) is 13.6. The van der Waals surface area contributed by atoms with Gasteiger partial charge in [0.05, 0.1) is 15.6 Å². The highest BCUT2D eigenvalue weighted by molar-refractivity contribution is 7.89. The number of piperazine rings is 1. The summed E-state index contributed by atoms with van der Waals surface area (Å²) in [5.41, 5.74) is 4.31. The summed E-state index contributed by atoms with van der Waals surface area (Å²) < 4.78 is 28.1. The van der Waals surface area contributed by atoms with Crippen molar-refractivity contribution in [3.8, 4) is 0 Å². The van der Waals surface area contributed by atoms with Crippen LogP contribution < -0.4 is 0 Å². The van der Waals surface area contributed by atoms with Crippen molar-refractivity contribution in [2.75, 3.05) is 26.2 Å². The van der Waals surface area contributed by atoms with Gasteiger partial charge in [0.25, 0.3) is 0 Å². The number of hydrogen-bond acceptors (Lipinski definition) is 5. The van der Waals surface area contributed by atoms with Gasteiger partial charge in [-0.2, -0.15) is 4.31 Å². The molecule has 156 valence electrons. The second-order valence-corrected chi connectivity index (χ2v) is 10.4. The summed E-state index contributed by atoms with van der Waals surface area (Å²) in [6.07, 6.45) is 3.22. The lowest BCUT2D eigenvalue weighted by Crippen LogP contribution is -2.50. The van der Waals surface area contributed by atoms with E-state index >= 15 is 0 Å². The van der Waals surface area contributed by atoms with Crippen molar-refractivity contribution < 1.29 is 13.2 Å². The molecule has 0 bridgehead atoms. The molecule has 1 amide bonds. The van der Waals surface area contributed by atoms with Crippen LogP contribution in [-0.4, -0.2) is 54.7 Å². The molecule has 0 aliphatic carbocycles.